The van der Waals surface area contributed by atoms with Crippen molar-refractivity contribution in [3.8, 4) is 0 Å². The van der Waals surface area contributed by atoms with Gasteiger partial charge in [-0.15, -0.1) is 0 Å². The number of carbonyl (C=O) groups is 2. The fourth-order valence-electron chi connectivity index (χ4n) is 2.41. The molecule has 0 radical (unpaired) electrons. The van der Waals surface area contributed by atoms with E-state index in [0.29, 0.717) is 5.69 Å². The van der Waals surface area contributed by atoms with E-state index in [2.05, 4.69) is 10.3 Å². The summed E-state index contributed by atoms with van der Waals surface area (Å²) in [6, 6.07) is 1.38. The van der Waals surface area contributed by atoms with Gasteiger partial charge in [-0.05, 0) is 18.9 Å². The fourth-order valence-corrected chi connectivity index (χ4v) is 2.41. The number of aromatic carboxylic acids is 1. The number of hydrogen-bond acceptors (Lipinski definition) is 4. The monoisotopic (exact) mass is 263 g/mol. The molecule has 1 heterocycles. The van der Waals surface area contributed by atoms with Crippen LogP contribution < -0.4 is 11.1 Å². The van der Waals surface area contributed by atoms with Gasteiger partial charge in [0.05, 0.1) is 17.4 Å². The second-order valence-corrected chi connectivity index (χ2v) is 5.06. The van der Waals surface area contributed by atoms with Crippen LogP contribution in [0.1, 0.15) is 42.5 Å². The van der Waals surface area contributed by atoms with Crippen LogP contribution in [0.25, 0.3) is 0 Å². The second kappa shape index (κ2) is 5.36. The van der Waals surface area contributed by atoms with Crippen LogP contribution in [0, 0.1) is 0 Å². The van der Waals surface area contributed by atoms with E-state index in [-0.39, 0.29) is 17.9 Å². The molecule has 0 unspecified atom stereocenters. The zero-order chi connectivity index (χ0) is 13.9. The molecule has 1 aliphatic carbocycles. The number of nitrogens with two attached hydrogens (primary N) is 1. The molecule has 0 bridgehead atoms. The molecule has 102 valence electrons. The van der Waals surface area contributed by atoms with Gasteiger partial charge in [-0.1, -0.05) is 12.8 Å². The van der Waals surface area contributed by atoms with E-state index in [1.165, 1.54) is 18.5 Å². The van der Waals surface area contributed by atoms with Crippen molar-refractivity contribution in [1.82, 2.24) is 4.98 Å². The number of anilines is 1. The van der Waals surface area contributed by atoms with Gasteiger partial charge in [0, 0.05) is 18.2 Å². The van der Waals surface area contributed by atoms with Crippen LogP contribution in [0.3, 0.4) is 0 Å². The lowest BCUT2D eigenvalue weighted by molar-refractivity contribution is -0.117. The van der Waals surface area contributed by atoms with Crippen molar-refractivity contribution < 1.29 is 14.7 Å². The molecule has 6 heteroatoms. The first-order chi connectivity index (χ1) is 8.98. The maximum Gasteiger partial charge on any atom is 0.337 e. The Hall–Kier alpha value is -1.95. The molecule has 1 aliphatic rings. The average molecular weight is 263 g/mol. The Kier molecular flexibility index (Phi) is 3.80. The van der Waals surface area contributed by atoms with E-state index in [0.717, 1.165) is 25.7 Å². The lowest BCUT2D eigenvalue weighted by Crippen LogP contribution is -2.40. The molecule has 2 rings (SSSR count). The van der Waals surface area contributed by atoms with Crippen LogP contribution in [0.2, 0.25) is 0 Å². The number of carboxylic acid groups (broad SMARTS) is 1. The summed E-state index contributed by atoms with van der Waals surface area (Å²) < 4.78 is 0. The highest BCUT2D eigenvalue weighted by Gasteiger charge is 2.31. The van der Waals surface area contributed by atoms with Crippen LogP contribution in [0.15, 0.2) is 18.5 Å². The fraction of sp³-hybridized carbons (Fsp3) is 0.462. The van der Waals surface area contributed by atoms with Gasteiger partial charge < -0.3 is 16.2 Å². The Morgan fingerprint density at radius 1 is 1.37 bits per heavy atom. The molecular formula is C13H17N3O3. The number of hydrogen-bond donors (Lipinski definition) is 3. The normalized spacial score (nSPS) is 17.1. The summed E-state index contributed by atoms with van der Waals surface area (Å²) in [4.78, 5) is 26.5. The first kappa shape index (κ1) is 13.5. The molecule has 0 atom stereocenters. The van der Waals surface area contributed by atoms with Crippen LogP contribution in [-0.2, 0) is 4.79 Å². The van der Waals surface area contributed by atoms with E-state index in [4.69, 9.17) is 10.8 Å². The molecular weight excluding hydrogens is 246 g/mol. The van der Waals surface area contributed by atoms with Crippen molar-refractivity contribution >= 4 is 17.6 Å². The minimum absolute atomic E-state index is 0.0427. The van der Waals surface area contributed by atoms with Gasteiger partial charge in [-0.2, -0.15) is 0 Å². The summed E-state index contributed by atoms with van der Waals surface area (Å²) in [5.74, 6) is -1.27. The van der Waals surface area contributed by atoms with E-state index >= 15 is 0 Å². The van der Waals surface area contributed by atoms with Crippen LogP contribution in [0.5, 0.6) is 0 Å². The minimum Gasteiger partial charge on any atom is -0.478 e. The third-order valence-corrected chi connectivity index (χ3v) is 3.38. The Labute approximate surface area is 111 Å². The van der Waals surface area contributed by atoms with Crippen molar-refractivity contribution in [2.75, 3.05) is 5.32 Å². The van der Waals surface area contributed by atoms with Gasteiger partial charge >= 0.3 is 5.97 Å². The van der Waals surface area contributed by atoms with Crippen molar-refractivity contribution in [2.24, 2.45) is 5.73 Å². The van der Waals surface area contributed by atoms with Gasteiger partial charge in [0.25, 0.3) is 0 Å². The lowest BCUT2D eigenvalue weighted by atomic mass is 9.94. The maximum atomic E-state index is 11.9. The molecule has 0 aromatic carbocycles. The lowest BCUT2D eigenvalue weighted by Gasteiger charge is -2.22. The second-order valence-electron chi connectivity index (χ2n) is 5.06. The topological polar surface area (TPSA) is 105 Å². The van der Waals surface area contributed by atoms with E-state index in [1.807, 2.05) is 0 Å². The number of nitrogens with zero attached hydrogens (tertiary/aromatic N) is 1. The highest BCUT2D eigenvalue weighted by molar-refractivity contribution is 5.93. The predicted octanol–water partition coefficient (Wildman–Crippen LogP) is 1.38. The molecule has 0 spiro atoms. The quantitative estimate of drug-likeness (QED) is 0.761. The summed E-state index contributed by atoms with van der Waals surface area (Å²) in [7, 11) is 0. The molecule has 4 N–H and O–H groups in total. The summed E-state index contributed by atoms with van der Waals surface area (Å²) in [5.41, 5.74) is 6.13. The predicted molar refractivity (Wildman–Crippen MR) is 69.8 cm³/mol. The molecule has 19 heavy (non-hydrogen) atoms. The number of nitrogens with one attached hydrogen (secondary N) is 1. The zero-order valence-corrected chi connectivity index (χ0v) is 10.6. The highest BCUT2D eigenvalue weighted by atomic mass is 16.4. The summed E-state index contributed by atoms with van der Waals surface area (Å²) in [5, 5.41) is 11.5. The van der Waals surface area contributed by atoms with Gasteiger partial charge in [-0.3, -0.25) is 9.78 Å². The molecule has 1 fully saturated rings. The molecule has 1 amide bonds. The maximum absolute atomic E-state index is 11.9. The van der Waals surface area contributed by atoms with Crippen LogP contribution >= 0.6 is 0 Å². The molecule has 6 nitrogen and oxygen atoms in total. The number of amides is 1. The Morgan fingerprint density at radius 3 is 2.68 bits per heavy atom. The zero-order valence-electron chi connectivity index (χ0n) is 10.6. The SMILES string of the molecule is NC1(CC(=O)Nc2cncc(C(=O)O)c2)CCCC1. The van der Waals surface area contributed by atoms with Crippen molar-refractivity contribution in [2.45, 2.75) is 37.6 Å². The summed E-state index contributed by atoms with van der Waals surface area (Å²) in [6.07, 6.45) is 6.73. The first-order valence-electron chi connectivity index (χ1n) is 6.26. The number of carboxylic acids is 1. The Balaban J connectivity index is 1.98. The summed E-state index contributed by atoms with van der Waals surface area (Å²) in [6.45, 7) is 0. The first-order valence-corrected chi connectivity index (χ1v) is 6.26. The highest BCUT2D eigenvalue weighted by Crippen LogP contribution is 2.30. The van der Waals surface area contributed by atoms with E-state index < -0.39 is 11.5 Å². The number of aromatic nitrogens is 1. The van der Waals surface area contributed by atoms with Gasteiger partial charge in [0.2, 0.25) is 5.91 Å². The third kappa shape index (κ3) is 3.51. The van der Waals surface area contributed by atoms with E-state index in [9.17, 15) is 9.59 Å². The van der Waals surface area contributed by atoms with Crippen molar-refractivity contribution in [3.63, 3.8) is 0 Å². The molecule has 1 aromatic rings. The molecule has 0 aliphatic heterocycles. The van der Waals surface area contributed by atoms with Crippen LogP contribution in [-0.4, -0.2) is 27.5 Å². The average Bonchev–Trinajstić information content (AvgIpc) is 2.75. The smallest absolute Gasteiger partial charge is 0.337 e. The standard InChI is InChI=1S/C13H17N3O3/c14-13(3-1-2-4-13)6-11(17)16-10-5-9(12(18)19)7-15-8-10/h5,7-8H,1-4,6,14H2,(H,16,17)(H,18,19). The molecule has 1 saturated carbocycles. The van der Waals surface area contributed by atoms with Gasteiger partial charge in [-0.25, -0.2) is 4.79 Å². The number of pyridine rings is 1. The Bertz CT molecular complexity index is 496. The largest absolute Gasteiger partial charge is 0.478 e. The summed E-state index contributed by atoms with van der Waals surface area (Å²) >= 11 is 0. The molecule has 1 aromatic heterocycles. The Morgan fingerprint density at radius 2 is 2.05 bits per heavy atom. The number of carbonyl (C=O) groups excluding carboxylic acids is 1. The van der Waals surface area contributed by atoms with Crippen molar-refractivity contribution in [3.05, 3.63) is 24.0 Å². The van der Waals surface area contributed by atoms with Gasteiger partial charge in [0.1, 0.15) is 0 Å². The van der Waals surface area contributed by atoms with Crippen LogP contribution in [0.4, 0.5) is 5.69 Å². The van der Waals surface area contributed by atoms with Crippen molar-refractivity contribution in [1.29, 1.82) is 0 Å². The van der Waals surface area contributed by atoms with E-state index in [1.54, 1.807) is 0 Å². The third-order valence-electron chi connectivity index (χ3n) is 3.38. The number of rotatable bonds is 4. The minimum atomic E-state index is -1.07. The van der Waals surface area contributed by atoms with Gasteiger partial charge in [0.15, 0.2) is 0 Å². The molecule has 0 saturated heterocycles.